The second-order valence-corrected chi connectivity index (χ2v) is 6.67. The van der Waals surface area contributed by atoms with Crippen molar-refractivity contribution < 1.29 is 13.2 Å². The molecule has 2 fully saturated rings. The maximum absolute atomic E-state index is 12.7. The fourth-order valence-electron chi connectivity index (χ4n) is 4.03. The Morgan fingerprint density at radius 2 is 1.55 bits per heavy atom. The van der Waals surface area contributed by atoms with Gasteiger partial charge in [0, 0.05) is 6.04 Å². The molecule has 2 rings (SSSR count). The lowest BCUT2D eigenvalue weighted by atomic mass is 9.74. The van der Waals surface area contributed by atoms with Crippen LogP contribution < -0.4 is 11.3 Å². The Bertz CT molecular complexity index is 279. The summed E-state index contributed by atoms with van der Waals surface area (Å²) in [7, 11) is 0. The topological polar surface area (TPSA) is 38.0 Å². The number of nitrogens with one attached hydrogen (secondary N) is 1. The molecule has 1 unspecified atom stereocenters. The molecule has 1 atom stereocenters. The van der Waals surface area contributed by atoms with Gasteiger partial charge in [0.25, 0.3) is 0 Å². The van der Waals surface area contributed by atoms with Crippen LogP contribution in [0.25, 0.3) is 0 Å². The molecule has 2 nitrogen and oxygen atoms in total. The minimum Gasteiger partial charge on any atom is -0.271 e. The van der Waals surface area contributed by atoms with Gasteiger partial charge in [0.1, 0.15) is 0 Å². The lowest BCUT2D eigenvalue weighted by Gasteiger charge is -2.36. The van der Waals surface area contributed by atoms with Gasteiger partial charge in [-0.2, -0.15) is 13.2 Å². The number of halogens is 3. The van der Waals surface area contributed by atoms with Crippen molar-refractivity contribution in [3.05, 3.63) is 0 Å². The summed E-state index contributed by atoms with van der Waals surface area (Å²) in [5, 5.41) is 0. The molecule has 2 saturated carbocycles. The second-order valence-electron chi connectivity index (χ2n) is 6.67. The van der Waals surface area contributed by atoms with Gasteiger partial charge >= 0.3 is 6.18 Å². The maximum Gasteiger partial charge on any atom is 0.391 e. The molecule has 0 amide bonds. The highest BCUT2D eigenvalue weighted by molar-refractivity contribution is 4.85. The highest BCUT2D eigenvalue weighted by Crippen LogP contribution is 2.41. The first-order chi connectivity index (χ1) is 9.50. The highest BCUT2D eigenvalue weighted by atomic mass is 19.4. The zero-order valence-corrected chi connectivity index (χ0v) is 12.1. The van der Waals surface area contributed by atoms with Crippen LogP contribution in [0.15, 0.2) is 0 Å². The van der Waals surface area contributed by atoms with Gasteiger partial charge in [-0.05, 0) is 43.9 Å². The van der Waals surface area contributed by atoms with E-state index in [1.165, 1.54) is 32.1 Å². The van der Waals surface area contributed by atoms with E-state index in [-0.39, 0.29) is 18.9 Å². The van der Waals surface area contributed by atoms with E-state index < -0.39 is 12.1 Å². The van der Waals surface area contributed by atoms with E-state index in [9.17, 15) is 13.2 Å². The first-order valence-electron chi connectivity index (χ1n) is 8.03. The molecule has 0 saturated heterocycles. The Morgan fingerprint density at radius 3 is 2.05 bits per heavy atom. The predicted octanol–water partition coefficient (Wildman–Crippen LogP) is 4.16. The van der Waals surface area contributed by atoms with Crippen molar-refractivity contribution in [2.24, 2.45) is 23.6 Å². The van der Waals surface area contributed by atoms with Gasteiger partial charge in [0.15, 0.2) is 0 Å². The summed E-state index contributed by atoms with van der Waals surface area (Å²) in [5.74, 6) is 5.61. The summed E-state index contributed by atoms with van der Waals surface area (Å²) in [6.07, 6.45) is 5.33. The lowest BCUT2D eigenvalue weighted by molar-refractivity contribution is -0.184. The molecule has 0 aliphatic heterocycles. The first-order valence-corrected chi connectivity index (χ1v) is 8.03. The third-order valence-corrected chi connectivity index (χ3v) is 5.33. The van der Waals surface area contributed by atoms with Gasteiger partial charge < -0.3 is 0 Å². The van der Waals surface area contributed by atoms with Gasteiger partial charge in [-0.25, -0.2) is 0 Å². The van der Waals surface area contributed by atoms with E-state index in [2.05, 4.69) is 5.43 Å². The Balaban J connectivity index is 1.80. The quantitative estimate of drug-likeness (QED) is 0.603. The molecule has 5 heteroatoms. The second kappa shape index (κ2) is 7.12. The van der Waals surface area contributed by atoms with Gasteiger partial charge in [-0.15, -0.1) is 0 Å². The number of nitrogens with two attached hydrogens (primary N) is 1. The summed E-state index contributed by atoms with van der Waals surface area (Å²) in [6, 6.07) is 0.201. The van der Waals surface area contributed by atoms with E-state index in [1.807, 2.05) is 0 Å². The van der Waals surface area contributed by atoms with Crippen molar-refractivity contribution in [1.29, 1.82) is 0 Å². The van der Waals surface area contributed by atoms with Crippen molar-refractivity contribution in [2.45, 2.75) is 76.4 Å². The van der Waals surface area contributed by atoms with Gasteiger partial charge in [-0.1, -0.05) is 32.1 Å². The van der Waals surface area contributed by atoms with Crippen molar-refractivity contribution >= 4 is 0 Å². The Hall–Kier alpha value is -0.290. The van der Waals surface area contributed by atoms with E-state index in [0.29, 0.717) is 24.7 Å². The van der Waals surface area contributed by atoms with Crippen molar-refractivity contribution in [3.8, 4) is 0 Å². The fraction of sp³-hybridized carbons (Fsp3) is 1.00. The number of rotatable bonds is 4. The molecule has 0 spiro atoms. The summed E-state index contributed by atoms with van der Waals surface area (Å²) in [6.45, 7) is 0. The standard InChI is InChI=1S/C15H27F3N2/c16-15(17,18)13-8-6-12(7-9-13)14(20-19)10-11-4-2-1-3-5-11/h11-14,20H,1-10,19H2. The smallest absolute Gasteiger partial charge is 0.271 e. The van der Waals surface area contributed by atoms with Crippen LogP contribution in [-0.4, -0.2) is 12.2 Å². The third-order valence-electron chi connectivity index (χ3n) is 5.33. The molecule has 0 radical (unpaired) electrons. The molecular weight excluding hydrogens is 265 g/mol. The molecule has 2 aliphatic carbocycles. The Labute approximate surface area is 119 Å². The summed E-state index contributed by atoms with van der Waals surface area (Å²) in [5.41, 5.74) is 2.89. The molecule has 118 valence electrons. The van der Waals surface area contributed by atoms with Crippen LogP contribution in [-0.2, 0) is 0 Å². The molecule has 3 N–H and O–H groups in total. The van der Waals surface area contributed by atoms with Crippen molar-refractivity contribution in [3.63, 3.8) is 0 Å². The van der Waals surface area contributed by atoms with Crippen LogP contribution >= 0.6 is 0 Å². The summed E-state index contributed by atoms with van der Waals surface area (Å²) in [4.78, 5) is 0. The molecule has 0 heterocycles. The maximum atomic E-state index is 12.7. The van der Waals surface area contributed by atoms with Crippen LogP contribution in [0.1, 0.15) is 64.2 Å². The van der Waals surface area contributed by atoms with E-state index in [4.69, 9.17) is 5.84 Å². The normalized spacial score (nSPS) is 31.2. The van der Waals surface area contributed by atoms with E-state index >= 15 is 0 Å². The van der Waals surface area contributed by atoms with Gasteiger partial charge in [0.05, 0.1) is 5.92 Å². The summed E-state index contributed by atoms with van der Waals surface area (Å²) < 4.78 is 38.1. The number of alkyl halides is 3. The Kier molecular flexibility index (Phi) is 5.73. The SMILES string of the molecule is NNC(CC1CCCCC1)C1CCC(C(F)(F)F)CC1. The lowest BCUT2D eigenvalue weighted by Crippen LogP contribution is -2.44. The van der Waals surface area contributed by atoms with Crippen molar-refractivity contribution in [1.82, 2.24) is 5.43 Å². The first kappa shape index (κ1) is 16.1. The molecule has 0 aromatic rings. The average molecular weight is 292 g/mol. The minimum atomic E-state index is -4.01. The number of hydrogen-bond acceptors (Lipinski definition) is 2. The molecule has 0 aromatic carbocycles. The predicted molar refractivity (Wildman–Crippen MR) is 73.8 cm³/mol. The zero-order valence-electron chi connectivity index (χ0n) is 12.1. The molecular formula is C15H27F3N2. The van der Waals surface area contributed by atoms with Crippen LogP contribution in [0.2, 0.25) is 0 Å². The highest BCUT2D eigenvalue weighted by Gasteiger charge is 2.42. The molecule has 0 aromatic heterocycles. The number of hydrazine groups is 1. The Morgan fingerprint density at radius 1 is 0.950 bits per heavy atom. The van der Waals surface area contributed by atoms with Gasteiger partial charge in [0.2, 0.25) is 0 Å². The average Bonchev–Trinajstić information content (AvgIpc) is 2.45. The third kappa shape index (κ3) is 4.35. The summed E-state index contributed by atoms with van der Waals surface area (Å²) >= 11 is 0. The van der Waals surface area contributed by atoms with Crippen LogP contribution in [0.3, 0.4) is 0 Å². The monoisotopic (exact) mass is 292 g/mol. The van der Waals surface area contributed by atoms with E-state index in [0.717, 1.165) is 6.42 Å². The fourth-order valence-corrected chi connectivity index (χ4v) is 4.03. The zero-order chi connectivity index (χ0) is 14.6. The van der Waals surface area contributed by atoms with Crippen LogP contribution in [0.4, 0.5) is 13.2 Å². The minimum absolute atomic E-state index is 0.201. The molecule has 2 aliphatic rings. The van der Waals surface area contributed by atoms with Crippen molar-refractivity contribution in [2.75, 3.05) is 0 Å². The van der Waals surface area contributed by atoms with Crippen LogP contribution in [0.5, 0.6) is 0 Å². The molecule has 0 bridgehead atoms. The van der Waals surface area contributed by atoms with Gasteiger partial charge in [-0.3, -0.25) is 11.3 Å². The van der Waals surface area contributed by atoms with E-state index in [1.54, 1.807) is 0 Å². The van der Waals surface area contributed by atoms with Crippen LogP contribution in [0, 0.1) is 17.8 Å². The molecule has 20 heavy (non-hydrogen) atoms. The number of hydrogen-bond donors (Lipinski definition) is 2. The largest absolute Gasteiger partial charge is 0.391 e.